The van der Waals surface area contributed by atoms with Crippen LogP contribution in [0.5, 0.6) is 0 Å². The summed E-state index contributed by atoms with van der Waals surface area (Å²) in [6.07, 6.45) is 0. The van der Waals surface area contributed by atoms with Crippen LogP contribution >= 0.6 is 0 Å². The summed E-state index contributed by atoms with van der Waals surface area (Å²) >= 11 is 0. The van der Waals surface area contributed by atoms with Crippen molar-refractivity contribution in [1.82, 2.24) is 0 Å². The topological polar surface area (TPSA) is 46.5 Å². The Bertz CT molecular complexity index is 580. The number of hydrogen-bond donors (Lipinski definition) is 1. The lowest BCUT2D eigenvalue weighted by atomic mass is 9.75. The van der Waals surface area contributed by atoms with Crippen molar-refractivity contribution in [3.63, 3.8) is 0 Å². The van der Waals surface area contributed by atoms with Crippen LogP contribution in [0.25, 0.3) is 0 Å². The summed E-state index contributed by atoms with van der Waals surface area (Å²) in [5.41, 5.74) is -0.260. The largest absolute Gasteiger partial charge is 0.468 e. The van der Waals surface area contributed by atoms with E-state index in [1.165, 1.54) is 31.4 Å². The highest BCUT2D eigenvalue weighted by Gasteiger charge is 2.42. The van der Waals surface area contributed by atoms with E-state index in [-0.39, 0.29) is 0 Å². The minimum absolute atomic E-state index is 0.404. The van der Waals surface area contributed by atoms with Crippen molar-refractivity contribution in [3.8, 4) is 0 Å². The predicted octanol–water partition coefficient (Wildman–Crippen LogP) is 2.28. The quantitative estimate of drug-likeness (QED) is 0.870. The Kier molecular flexibility index (Phi) is 4.15. The fraction of sp³-hybridized carbons (Fsp3) is 0.188. The third-order valence-corrected chi connectivity index (χ3v) is 3.37. The highest BCUT2D eigenvalue weighted by Crippen LogP contribution is 2.33. The van der Waals surface area contributed by atoms with E-state index in [2.05, 4.69) is 0 Å². The lowest BCUT2D eigenvalue weighted by molar-refractivity contribution is -0.147. The molecule has 3 nitrogen and oxygen atoms in total. The van der Waals surface area contributed by atoms with E-state index in [1.807, 2.05) is 6.07 Å². The highest BCUT2D eigenvalue weighted by molar-refractivity contribution is 5.87. The van der Waals surface area contributed by atoms with Gasteiger partial charge in [-0.2, -0.15) is 0 Å². The van der Waals surface area contributed by atoms with Crippen LogP contribution in [0.3, 0.4) is 0 Å². The first-order chi connectivity index (χ1) is 9.65. The van der Waals surface area contributed by atoms with Crippen molar-refractivity contribution >= 4 is 5.97 Å². The zero-order valence-corrected chi connectivity index (χ0v) is 11.0. The molecule has 2 rings (SSSR count). The highest BCUT2D eigenvalue weighted by atomic mass is 19.1. The molecule has 0 saturated heterocycles. The molecule has 0 amide bonds. The summed E-state index contributed by atoms with van der Waals surface area (Å²) in [5, 5.41) is 9.86. The Labute approximate surface area is 116 Å². The van der Waals surface area contributed by atoms with Crippen LogP contribution in [0.15, 0.2) is 54.6 Å². The molecule has 1 atom stereocenters. The molecule has 0 aliphatic carbocycles. The normalized spacial score (nSPS) is 13.6. The first kappa shape index (κ1) is 14.2. The maximum atomic E-state index is 13.1. The number of esters is 1. The third kappa shape index (κ3) is 2.30. The second kappa shape index (κ2) is 5.84. The fourth-order valence-electron chi connectivity index (χ4n) is 2.28. The summed E-state index contributed by atoms with van der Waals surface area (Å²) in [6, 6.07) is 14.3. The van der Waals surface area contributed by atoms with Crippen LogP contribution in [-0.4, -0.2) is 24.8 Å². The number of aliphatic hydroxyl groups excluding tert-OH is 1. The molecule has 4 heteroatoms. The van der Waals surface area contributed by atoms with E-state index in [0.29, 0.717) is 11.1 Å². The lowest BCUT2D eigenvalue weighted by Crippen LogP contribution is -2.41. The fourth-order valence-corrected chi connectivity index (χ4v) is 2.28. The van der Waals surface area contributed by atoms with Crippen LogP contribution in [0.1, 0.15) is 11.1 Å². The van der Waals surface area contributed by atoms with Gasteiger partial charge in [0.1, 0.15) is 11.2 Å². The van der Waals surface area contributed by atoms with E-state index < -0.39 is 23.8 Å². The summed E-state index contributed by atoms with van der Waals surface area (Å²) in [7, 11) is 1.26. The summed E-state index contributed by atoms with van der Waals surface area (Å²) in [6.45, 7) is -0.463. The first-order valence-corrected chi connectivity index (χ1v) is 6.16. The second-order valence-corrected chi connectivity index (χ2v) is 4.43. The van der Waals surface area contributed by atoms with E-state index in [0.717, 1.165) is 0 Å². The van der Waals surface area contributed by atoms with Crippen molar-refractivity contribution in [2.45, 2.75) is 5.41 Å². The average molecular weight is 274 g/mol. The second-order valence-electron chi connectivity index (χ2n) is 4.43. The Hall–Kier alpha value is -2.20. The Morgan fingerprint density at radius 2 is 1.65 bits per heavy atom. The molecule has 2 aromatic carbocycles. The maximum Gasteiger partial charge on any atom is 0.323 e. The molecule has 0 fully saturated rings. The van der Waals surface area contributed by atoms with Gasteiger partial charge in [0.25, 0.3) is 0 Å². The Morgan fingerprint density at radius 1 is 1.10 bits per heavy atom. The van der Waals surface area contributed by atoms with Gasteiger partial charge in [0, 0.05) is 0 Å². The van der Waals surface area contributed by atoms with E-state index in [1.54, 1.807) is 24.3 Å². The SMILES string of the molecule is COC(=O)C(CO)(c1ccccc1)c1ccc(F)cc1. The average Bonchev–Trinajstić information content (AvgIpc) is 2.51. The summed E-state index contributed by atoms with van der Waals surface area (Å²) in [4.78, 5) is 12.3. The molecule has 20 heavy (non-hydrogen) atoms. The van der Waals surface area contributed by atoms with Crippen molar-refractivity contribution in [2.75, 3.05) is 13.7 Å². The number of hydrogen-bond acceptors (Lipinski definition) is 3. The van der Waals surface area contributed by atoms with Gasteiger partial charge in [0.05, 0.1) is 13.7 Å². The molecule has 0 aromatic heterocycles. The zero-order chi connectivity index (χ0) is 14.6. The molecular formula is C16H15FO3. The molecule has 104 valence electrons. The van der Waals surface area contributed by atoms with E-state index in [4.69, 9.17) is 4.74 Å². The molecule has 0 bridgehead atoms. The molecule has 0 spiro atoms. The summed E-state index contributed by atoms with van der Waals surface area (Å²) < 4.78 is 17.9. The van der Waals surface area contributed by atoms with E-state index >= 15 is 0 Å². The minimum atomic E-state index is -1.34. The molecule has 1 N–H and O–H groups in total. The number of rotatable bonds is 4. The van der Waals surface area contributed by atoms with Gasteiger partial charge >= 0.3 is 5.97 Å². The Morgan fingerprint density at radius 3 is 2.15 bits per heavy atom. The van der Waals surface area contributed by atoms with Gasteiger partial charge in [-0.15, -0.1) is 0 Å². The number of benzene rings is 2. The van der Waals surface area contributed by atoms with Gasteiger partial charge in [-0.05, 0) is 23.3 Å². The van der Waals surface area contributed by atoms with Gasteiger partial charge < -0.3 is 9.84 Å². The van der Waals surface area contributed by atoms with Crippen molar-refractivity contribution in [3.05, 3.63) is 71.5 Å². The standard InChI is InChI=1S/C16H15FO3/c1-20-15(19)16(11-18,12-5-3-2-4-6-12)13-7-9-14(17)10-8-13/h2-10,18H,11H2,1H3. The Balaban J connectivity index is 2.65. The van der Waals surface area contributed by atoms with Crippen LogP contribution in [0, 0.1) is 5.82 Å². The van der Waals surface area contributed by atoms with Gasteiger partial charge in [-0.3, -0.25) is 4.79 Å². The van der Waals surface area contributed by atoms with Crippen molar-refractivity contribution in [1.29, 1.82) is 0 Å². The van der Waals surface area contributed by atoms with Crippen LogP contribution in [-0.2, 0) is 14.9 Å². The molecule has 0 heterocycles. The molecule has 0 saturated carbocycles. The molecule has 0 radical (unpaired) electrons. The van der Waals surface area contributed by atoms with Gasteiger partial charge in [-0.1, -0.05) is 42.5 Å². The maximum absolute atomic E-state index is 13.1. The molecule has 2 aromatic rings. The van der Waals surface area contributed by atoms with Crippen LogP contribution in [0.4, 0.5) is 4.39 Å². The molecular weight excluding hydrogens is 259 g/mol. The molecule has 0 aliphatic heterocycles. The van der Waals surface area contributed by atoms with Crippen LogP contribution < -0.4 is 0 Å². The molecule has 0 aliphatic rings. The number of carbonyl (C=O) groups is 1. The van der Waals surface area contributed by atoms with Crippen LogP contribution in [0.2, 0.25) is 0 Å². The first-order valence-electron chi connectivity index (χ1n) is 6.16. The minimum Gasteiger partial charge on any atom is -0.468 e. The smallest absolute Gasteiger partial charge is 0.323 e. The lowest BCUT2D eigenvalue weighted by Gasteiger charge is -2.30. The number of methoxy groups -OCH3 is 1. The number of carbonyl (C=O) groups excluding carboxylic acids is 1. The van der Waals surface area contributed by atoms with Crippen molar-refractivity contribution in [2.24, 2.45) is 0 Å². The number of halogens is 1. The van der Waals surface area contributed by atoms with Crippen molar-refractivity contribution < 1.29 is 19.0 Å². The third-order valence-electron chi connectivity index (χ3n) is 3.37. The predicted molar refractivity (Wildman–Crippen MR) is 72.7 cm³/mol. The number of aliphatic hydroxyl groups is 1. The van der Waals surface area contributed by atoms with Gasteiger partial charge in [0.2, 0.25) is 0 Å². The summed E-state index contributed by atoms with van der Waals surface area (Å²) in [5.74, 6) is -0.990. The van der Waals surface area contributed by atoms with Gasteiger partial charge in [0.15, 0.2) is 0 Å². The zero-order valence-electron chi connectivity index (χ0n) is 11.0. The number of ether oxygens (including phenoxy) is 1. The monoisotopic (exact) mass is 274 g/mol. The molecule has 1 unspecified atom stereocenters. The van der Waals surface area contributed by atoms with Gasteiger partial charge in [-0.25, -0.2) is 4.39 Å². The van der Waals surface area contributed by atoms with E-state index in [9.17, 15) is 14.3 Å².